The molecule has 1 saturated heterocycles. The highest BCUT2D eigenvalue weighted by Crippen LogP contribution is 2.35. The van der Waals surface area contributed by atoms with Crippen LogP contribution >= 0.6 is 11.6 Å². The van der Waals surface area contributed by atoms with Crippen LogP contribution in [0.5, 0.6) is 0 Å². The normalized spacial score (nSPS) is 16.8. The highest BCUT2D eigenvalue weighted by atomic mass is 35.5. The lowest BCUT2D eigenvalue weighted by Gasteiger charge is -2.20. The molecule has 0 radical (unpaired) electrons. The van der Waals surface area contributed by atoms with Crippen molar-refractivity contribution in [3.8, 4) is 6.07 Å². The molecule has 0 aliphatic carbocycles. The van der Waals surface area contributed by atoms with Gasteiger partial charge in [0.2, 0.25) is 0 Å². The van der Waals surface area contributed by atoms with Crippen LogP contribution in [0.25, 0.3) is 0 Å². The van der Waals surface area contributed by atoms with Gasteiger partial charge < -0.3 is 9.47 Å². The Labute approximate surface area is 110 Å². The van der Waals surface area contributed by atoms with Crippen molar-refractivity contribution >= 4 is 11.6 Å². The van der Waals surface area contributed by atoms with Crippen LogP contribution in [0.1, 0.15) is 31.3 Å². The molecule has 0 N–H and O–H groups in total. The van der Waals surface area contributed by atoms with Gasteiger partial charge in [-0.25, -0.2) is 4.39 Å². The van der Waals surface area contributed by atoms with Crippen LogP contribution < -0.4 is 0 Å². The zero-order valence-electron chi connectivity index (χ0n) is 10.2. The minimum Gasteiger partial charge on any atom is -0.346 e. The van der Waals surface area contributed by atoms with E-state index in [2.05, 4.69) is 6.07 Å². The standard InChI is InChI=1S/C13H13ClFNO2/c1-13(2,7-16)10-6-8(14)5-9(11(10)15)12-17-3-4-18-12/h5-6,12H,3-4H2,1-2H3. The van der Waals surface area contributed by atoms with E-state index in [4.69, 9.17) is 26.3 Å². The average molecular weight is 270 g/mol. The molecular weight excluding hydrogens is 257 g/mol. The second-order valence-electron chi connectivity index (χ2n) is 4.67. The fourth-order valence-electron chi connectivity index (χ4n) is 1.83. The van der Waals surface area contributed by atoms with Crippen LogP contribution in [0.3, 0.4) is 0 Å². The minimum absolute atomic E-state index is 0.248. The predicted octanol–water partition coefficient (Wildman–Crippen LogP) is 3.33. The van der Waals surface area contributed by atoms with E-state index in [1.165, 1.54) is 12.1 Å². The third-order valence-corrected chi connectivity index (χ3v) is 3.11. The first-order valence-corrected chi connectivity index (χ1v) is 5.97. The summed E-state index contributed by atoms with van der Waals surface area (Å²) in [5.74, 6) is -0.488. The maximum Gasteiger partial charge on any atom is 0.186 e. The number of nitriles is 1. The van der Waals surface area contributed by atoms with E-state index < -0.39 is 17.5 Å². The zero-order valence-corrected chi connectivity index (χ0v) is 10.9. The van der Waals surface area contributed by atoms with E-state index in [9.17, 15) is 4.39 Å². The van der Waals surface area contributed by atoms with E-state index in [1.807, 2.05) is 0 Å². The van der Waals surface area contributed by atoms with Crippen molar-refractivity contribution in [2.45, 2.75) is 25.6 Å². The lowest BCUT2D eigenvalue weighted by atomic mass is 9.85. The molecule has 18 heavy (non-hydrogen) atoms. The molecule has 96 valence electrons. The van der Waals surface area contributed by atoms with Crippen molar-refractivity contribution < 1.29 is 13.9 Å². The second kappa shape index (κ2) is 4.85. The molecule has 5 heteroatoms. The quantitative estimate of drug-likeness (QED) is 0.827. The first-order chi connectivity index (χ1) is 8.45. The molecule has 0 saturated carbocycles. The third kappa shape index (κ3) is 2.35. The number of hydrogen-bond donors (Lipinski definition) is 0. The number of ether oxygens (including phenoxy) is 2. The first-order valence-electron chi connectivity index (χ1n) is 5.59. The number of rotatable bonds is 2. The van der Waals surface area contributed by atoms with E-state index in [0.29, 0.717) is 18.2 Å². The summed E-state index contributed by atoms with van der Waals surface area (Å²) in [5, 5.41) is 9.46. The van der Waals surface area contributed by atoms with Crippen LogP contribution in [0, 0.1) is 17.1 Å². The van der Waals surface area contributed by atoms with Crippen molar-refractivity contribution in [2.75, 3.05) is 13.2 Å². The Balaban J connectivity index is 2.53. The van der Waals surface area contributed by atoms with Gasteiger partial charge in [0, 0.05) is 16.1 Å². The SMILES string of the molecule is CC(C)(C#N)c1cc(Cl)cc(C2OCCO2)c1F. The highest BCUT2D eigenvalue weighted by molar-refractivity contribution is 6.30. The molecule has 1 aliphatic heterocycles. The van der Waals surface area contributed by atoms with E-state index in [1.54, 1.807) is 13.8 Å². The molecule has 0 atom stereocenters. The fourth-order valence-corrected chi connectivity index (χ4v) is 2.06. The Morgan fingerprint density at radius 1 is 1.39 bits per heavy atom. The monoisotopic (exact) mass is 269 g/mol. The van der Waals surface area contributed by atoms with Crippen molar-refractivity contribution in [3.63, 3.8) is 0 Å². The molecule has 1 aromatic carbocycles. The van der Waals surface area contributed by atoms with Gasteiger partial charge in [-0.05, 0) is 26.0 Å². The van der Waals surface area contributed by atoms with Gasteiger partial charge in [0.05, 0.1) is 24.7 Å². The average Bonchev–Trinajstić information content (AvgIpc) is 2.85. The van der Waals surface area contributed by atoms with Gasteiger partial charge in [0.25, 0.3) is 0 Å². The summed E-state index contributed by atoms with van der Waals surface area (Å²) in [6, 6.07) is 5.01. The van der Waals surface area contributed by atoms with E-state index >= 15 is 0 Å². The molecule has 3 nitrogen and oxygen atoms in total. The summed E-state index contributed by atoms with van der Waals surface area (Å²) in [5.41, 5.74) is -0.451. The van der Waals surface area contributed by atoms with Crippen LogP contribution in [0.4, 0.5) is 4.39 Å². The Kier molecular flexibility index (Phi) is 3.58. The molecular formula is C13H13ClFNO2. The molecule has 0 unspecified atom stereocenters. The summed E-state index contributed by atoms with van der Waals surface area (Å²) in [4.78, 5) is 0. The van der Waals surface area contributed by atoms with Gasteiger partial charge in [0.15, 0.2) is 6.29 Å². The molecule has 0 amide bonds. The molecule has 1 aliphatic rings. The van der Waals surface area contributed by atoms with Gasteiger partial charge >= 0.3 is 0 Å². The summed E-state index contributed by atoms with van der Waals surface area (Å²) in [7, 11) is 0. The number of benzene rings is 1. The van der Waals surface area contributed by atoms with Gasteiger partial charge in [-0.3, -0.25) is 0 Å². The number of nitrogens with zero attached hydrogens (tertiary/aromatic N) is 1. The first kappa shape index (κ1) is 13.3. The topological polar surface area (TPSA) is 42.2 Å². The molecule has 0 aromatic heterocycles. The summed E-state index contributed by atoms with van der Waals surface area (Å²) in [6.07, 6.45) is -0.739. The van der Waals surface area contributed by atoms with Crippen molar-refractivity contribution in [2.24, 2.45) is 0 Å². The smallest absolute Gasteiger partial charge is 0.186 e. The lowest BCUT2D eigenvalue weighted by molar-refractivity contribution is -0.0466. The Hall–Kier alpha value is -1.15. The molecule has 1 heterocycles. The maximum absolute atomic E-state index is 14.4. The van der Waals surface area contributed by atoms with Crippen molar-refractivity contribution in [3.05, 3.63) is 34.1 Å². The van der Waals surface area contributed by atoms with Crippen molar-refractivity contribution in [1.82, 2.24) is 0 Å². The number of hydrogen-bond acceptors (Lipinski definition) is 3. The van der Waals surface area contributed by atoms with E-state index in [0.717, 1.165) is 0 Å². The van der Waals surface area contributed by atoms with Crippen LogP contribution in [0.2, 0.25) is 5.02 Å². The van der Waals surface area contributed by atoms with Crippen molar-refractivity contribution in [1.29, 1.82) is 5.26 Å². The number of halogens is 2. The van der Waals surface area contributed by atoms with Crippen LogP contribution in [-0.4, -0.2) is 13.2 Å². The lowest BCUT2D eigenvalue weighted by Crippen LogP contribution is -2.18. The molecule has 0 bridgehead atoms. The summed E-state index contributed by atoms with van der Waals surface area (Å²) < 4.78 is 25.0. The largest absolute Gasteiger partial charge is 0.346 e. The van der Waals surface area contributed by atoms with Gasteiger partial charge in [-0.1, -0.05) is 11.6 Å². The second-order valence-corrected chi connectivity index (χ2v) is 5.10. The van der Waals surface area contributed by atoms with Crippen LogP contribution in [0.15, 0.2) is 12.1 Å². The molecule has 2 rings (SSSR count). The van der Waals surface area contributed by atoms with Gasteiger partial charge in [-0.2, -0.15) is 5.26 Å². The van der Waals surface area contributed by atoms with Crippen LogP contribution in [-0.2, 0) is 14.9 Å². The molecule has 1 aromatic rings. The zero-order chi connectivity index (χ0) is 13.3. The van der Waals surface area contributed by atoms with Gasteiger partial charge in [-0.15, -0.1) is 0 Å². The van der Waals surface area contributed by atoms with E-state index in [-0.39, 0.29) is 11.1 Å². The minimum atomic E-state index is -0.956. The summed E-state index contributed by atoms with van der Waals surface area (Å²) in [6.45, 7) is 4.13. The Morgan fingerprint density at radius 3 is 2.56 bits per heavy atom. The predicted molar refractivity (Wildman–Crippen MR) is 64.7 cm³/mol. The molecule has 1 fully saturated rings. The fraction of sp³-hybridized carbons (Fsp3) is 0.462. The molecule has 0 spiro atoms. The Bertz CT molecular complexity index is 504. The third-order valence-electron chi connectivity index (χ3n) is 2.89. The Morgan fingerprint density at radius 2 is 2.00 bits per heavy atom. The maximum atomic E-state index is 14.4. The van der Waals surface area contributed by atoms with Gasteiger partial charge in [0.1, 0.15) is 5.82 Å². The highest BCUT2D eigenvalue weighted by Gasteiger charge is 2.30. The summed E-state index contributed by atoms with van der Waals surface area (Å²) >= 11 is 5.98.